The fourth-order valence-corrected chi connectivity index (χ4v) is 5.55. The van der Waals surface area contributed by atoms with E-state index in [4.69, 9.17) is 16.3 Å². The number of methoxy groups -OCH3 is 1. The zero-order chi connectivity index (χ0) is 25.7. The second-order valence-electron chi connectivity index (χ2n) is 8.80. The summed E-state index contributed by atoms with van der Waals surface area (Å²) in [4.78, 5) is 17.6. The van der Waals surface area contributed by atoms with Gasteiger partial charge < -0.3 is 9.64 Å². The van der Waals surface area contributed by atoms with Crippen LogP contribution in [0.3, 0.4) is 0 Å². The van der Waals surface area contributed by atoms with Crippen molar-refractivity contribution in [2.75, 3.05) is 40.3 Å². The Morgan fingerprint density at radius 3 is 2.28 bits per heavy atom. The van der Waals surface area contributed by atoms with Crippen LogP contribution in [0, 0.1) is 0 Å². The average molecular weight is 528 g/mol. The Morgan fingerprint density at radius 1 is 0.972 bits per heavy atom. The van der Waals surface area contributed by atoms with E-state index in [9.17, 15) is 13.2 Å². The van der Waals surface area contributed by atoms with Crippen molar-refractivity contribution in [3.63, 3.8) is 0 Å². The first-order valence-corrected chi connectivity index (χ1v) is 13.5. The van der Waals surface area contributed by atoms with E-state index in [-0.39, 0.29) is 17.3 Å². The van der Waals surface area contributed by atoms with Gasteiger partial charge in [0.25, 0.3) is 5.91 Å². The van der Waals surface area contributed by atoms with Gasteiger partial charge in [-0.05, 0) is 48.0 Å². The highest BCUT2D eigenvalue weighted by Crippen LogP contribution is 2.26. The molecule has 0 unspecified atom stereocenters. The van der Waals surface area contributed by atoms with Crippen molar-refractivity contribution < 1.29 is 17.9 Å². The second-order valence-corrected chi connectivity index (χ2v) is 11.3. The summed E-state index contributed by atoms with van der Waals surface area (Å²) in [7, 11) is -0.715. The maximum absolute atomic E-state index is 13.3. The molecule has 7 nitrogen and oxygen atoms in total. The highest BCUT2D eigenvalue weighted by molar-refractivity contribution is 7.89. The Kier molecular flexibility index (Phi) is 8.31. The molecule has 0 saturated carbocycles. The molecule has 0 N–H and O–H groups in total. The minimum absolute atomic E-state index is 0.0557. The zero-order valence-electron chi connectivity index (χ0n) is 20.4. The predicted molar refractivity (Wildman–Crippen MR) is 141 cm³/mol. The normalized spacial score (nSPS) is 14.7. The third-order valence-corrected chi connectivity index (χ3v) is 8.42. The Hall–Kier alpha value is -2.91. The maximum atomic E-state index is 13.3. The minimum Gasteiger partial charge on any atom is -0.496 e. The topological polar surface area (TPSA) is 70.2 Å². The van der Waals surface area contributed by atoms with Crippen molar-refractivity contribution in [1.82, 2.24) is 14.1 Å². The molecular formula is C27H30ClN3O4S. The molecule has 1 saturated heterocycles. The maximum Gasteiger partial charge on any atom is 0.253 e. The number of piperazine rings is 1. The number of rotatable bonds is 8. The number of benzene rings is 3. The van der Waals surface area contributed by atoms with Gasteiger partial charge in [-0.15, -0.1) is 0 Å². The van der Waals surface area contributed by atoms with Crippen LogP contribution in [0.15, 0.2) is 77.7 Å². The smallest absolute Gasteiger partial charge is 0.253 e. The van der Waals surface area contributed by atoms with Crippen LogP contribution in [0.2, 0.25) is 5.02 Å². The minimum atomic E-state index is -3.75. The lowest BCUT2D eigenvalue weighted by molar-refractivity contribution is 0.0628. The Labute approximate surface area is 217 Å². The van der Waals surface area contributed by atoms with Crippen LogP contribution >= 0.6 is 11.6 Å². The number of carbonyl (C=O) groups excluding carboxylic acids is 1. The molecule has 0 spiro atoms. The van der Waals surface area contributed by atoms with Crippen molar-refractivity contribution in [3.05, 3.63) is 94.5 Å². The number of sulfonamides is 1. The van der Waals surface area contributed by atoms with Gasteiger partial charge in [-0.1, -0.05) is 41.9 Å². The van der Waals surface area contributed by atoms with Gasteiger partial charge >= 0.3 is 0 Å². The standard InChI is InChI=1S/C27H30ClN3O4S/c1-29(36(33,34)25-11-9-24(28)10-12-25)20-23-18-22(8-13-26(23)35-2)27(32)31-16-14-30(15-17-31)19-21-6-4-3-5-7-21/h3-13,18H,14-17,19-20H2,1-2H3. The molecule has 0 bridgehead atoms. The van der Waals surface area contributed by atoms with Gasteiger partial charge in [0.2, 0.25) is 10.0 Å². The summed E-state index contributed by atoms with van der Waals surface area (Å²) in [5, 5.41) is 0.463. The van der Waals surface area contributed by atoms with Gasteiger partial charge in [-0.2, -0.15) is 4.31 Å². The average Bonchev–Trinajstić information content (AvgIpc) is 2.89. The first kappa shape index (κ1) is 26.2. The summed E-state index contributed by atoms with van der Waals surface area (Å²) >= 11 is 5.90. The van der Waals surface area contributed by atoms with Crippen molar-refractivity contribution in [2.45, 2.75) is 18.0 Å². The van der Waals surface area contributed by atoms with Gasteiger partial charge in [0.1, 0.15) is 5.75 Å². The van der Waals surface area contributed by atoms with Crippen LogP contribution in [0.5, 0.6) is 5.75 Å². The first-order valence-electron chi connectivity index (χ1n) is 11.7. The summed E-state index contributed by atoms with van der Waals surface area (Å²) in [6.45, 7) is 3.79. The lowest BCUT2D eigenvalue weighted by atomic mass is 10.1. The van der Waals surface area contributed by atoms with E-state index >= 15 is 0 Å². The fourth-order valence-electron chi connectivity index (χ4n) is 4.28. The Bertz CT molecular complexity index is 1290. The molecule has 1 heterocycles. The third-order valence-electron chi connectivity index (χ3n) is 6.35. The van der Waals surface area contributed by atoms with E-state index in [1.165, 1.54) is 36.2 Å². The molecule has 9 heteroatoms. The van der Waals surface area contributed by atoms with E-state index in [2.05, 4.69) is 17.0 Å². The summed E-state index contributed by atoms with van der Waals surface area (Å²) in [6, 6.07) is 21.5. The molecule has 4 rings (SSSR count). The van der Waals surface area contributed by atoms with Gasteiger partial charge in [-0.25, -0.2) is 8.42 Å². The molecule has 1 aliphatic heterocycles. The van der Waals surface area contributed by atoms with E-state index in [0.717, 1.165) is 19.6 Å². The molecule has 190 valence electrons. The molecule has 0 radical (unpaired) electrons. The van der Waals surface area contributed by atoms with Crippen molar-refractivity contribution in [2.24, 2.45) is 0 Å². The summed E-state index contributed by atoms with van der Waals surface area (Å²) in [6.07, 6.45) is 0. The summed E-state index contributed by atoms with van der Waals surface area (Å²) < 4.78 is 32.8. The summed E-state index contributed by atoms with van der Waals surface area (Å²) in [5.41, 5.74) is 2.39. The van der Waals surface area contributed by atoms with Crippen molar-refractivity contribution in [1.29, 1.82) is 0 Å². The molecular weight excluding hydrogens is 498 g/mol. The monoisotopic (exact) mass is 527 g/mol. The summed E-state index contributed by atoms with van der Waals surface area (Å²) in [5.74, 6) is 0.457. The zero-order valence-corrected chi connectivity index (χ0v) is 22.0. The highest BCUT2D eigenvalue weighted by Gasteiger charge is 2.25. The molecule has 1 fully saturated rings. The van der Waals surface area contributed by atoms with Crippen LogP contribution in [0.25, 0.3) is 0 Å². The number of hydrogen-bond acceptors (Lipinski definition) is 5. The number of ether oxygens (including phenoxy) is 1. The van der Waals surface area contributed by atoms with E-state index < -0.39 is 10.0 Å². The quantitative estimate of drug-likeness (QED) is 0.440. The first-order chi connectivity index (χ1) is 17.3. The molecule has 0 aromatic heterocycles. The van der Waals surface area contributed by atoms with Crippen LogP contribution in [0.1, 0.15) is 21.5 Å². The molecule has 3 aromatic rings. The molecule has 36 heavy (non-hydrogen) atoms. The number of hydrogen-bond donors (Lipinski definition) is 0. The number of nitrogens with zero attached hydrogens (tertiary/aromatic N) is 3. The number of amides is 1. The van der Waals surface area contributed by atoms with E-state index in [1.807, 2.05) is 23.1 Å². The number of halogens is 1. The van der Waals surface area contributed by atoms with E-state index in [0.29, 0.717) is 35.0 Å². The predicted octanol–water partition coefficient (Wildman–Crippen LogP) is 4.13. The Balaban J connectivity index is 1.44. The van der Waals surface area contributed by atoms with E-state index in [1.54, 1.807) is 30.3 Å². The molecule has 0 aliphatic carbocycles. The Morgan fingerprint density at radius 2 is 1.64 bits per heavy atom. The van der Waals surface area contributed by atoms with Gasteiger partial charge in [0, 0.05) is 62.5 Å². The third kappa shape index (κ3) is 6.07. The van der Waals surface area contributed by atoms with Crippen LogP contribution in [0.4, 0.5) is 0 Å². The van der Waals surface area contributed by atoms with Crippen molar-refractivity contribution in [3.8, 4) is 5.75 Å². The molecule has 1 aliphatic rings. The molecule has 3 aromatic carbocycles. The lowest BCUT2D eigenvalue weighted by Crippen LogP contribution is -2.48. The molecule has 0 atom stereocenters. The SMILES string of the molecule is COc1ccc(C(=O)N2CCN(Cc3ccccc3)CC2)cc1CN(C)S(=O)(=O)c1ccc(Cl)cc1. The van der Waals surface area contributed by atoms with Crippen LogP contribution in [-0.2, 0) is 23.1 Å². The largest absolute Gasteiger partial charge is 0.496 e. The van der Waals surface area contributed by atoms with Gasteiger partial charge in [0.15, 0.2) is 0 Å². The van der Waals surface area contributed by atoms with Gasteiger partial charge in [0.05, 0.1) is 12.0 Å². The second kappa shape index (κ2) is 11.4. The van der Waals surface area contributed by atoms with Crippen LogP contribution in [-0.4, -0.2) is 68.8 Å². The van der Waals surface area contributed by atoms with Crippen molar-refractivity contribution >= 4 is 27.5 Å². The fraction of sp³-hybridized carbons (Fsp3) is 0.296. The lowest BCUT2D eigenvalue weighted by Gasteiger charge is -2.35. The molecule has 1 amide bonds. The highest BCUT2D eigenvalue weighted by atomic mass is 35.5. The van der Waals surface area contributed by atoms with Crippen LogP contribution < -0.4 is 4.74 Å². The van der Waals surface area contributed by atoms with Gasteiger partial charge in [-0.3, -0.25) is 9.69 Å². The number of carbonyl (C=O) groups is 1.